The van der Waals surface area contributed by atoms with Gasteiger partial charge in [0.1, 0.15) is 11.5 Å². The lowest BCUT2D eigenvalue weighted by Gasteiger charge is -2.71. The van der Waals surface area contributed by atoms with Crippen LogP contribution in [-0.2, 0) is 11.3 Å². The van der Waals surface area contributed by atoms with Gasteiger partial charge < -0.3 is 29.9 Å². The van der Waals surface area contributed by atoms with E-state index >= 15 is 0 Å². The number of aliphatic hydroxyl groups excluding tert-OH is 3. The maximum Gasteiger partial charge on any atom is 0.162 e. The summed E-state index contributed by atoms with van der Waals surface area (Å²) in [6, 6.07) is 5.69. The minimum absolute atomic E-state index is 0.0540. The molecule has 270 valence electrons. The van der Waals surface area contributed by atoms with E-state index in [4.69, 9.17) is 9.47 Å². The van der Waals surface area contributed by atoms with Crippen molar-refractivity contribution in [2.45, 2.75) is 115 Å². The average Bonchev–Trinajstić information content (AvgIpc) is 3.37. The van der Waals surface area contributed by atoms with Crippen molar-refractivity contribution in [2.75, 3.05) is 33.9 Å². The highest BCUT2D eigenvalue weighted by molar-refractivity contribution is 6.00. The summed E-state index contributed by atoms with van der Waals surface area (Å²) in [5, 5.41) is 44.6. The molecule has 4 saturated carbocycles. The Kier molecular flexibility index (Phi) is 9.17. The first-order chi connectivity index (χ1) is 23.4. The highest BCUT2D eigenvalue weighted by atomic mass is 16.5. The van der Waals surface area contributed by atoms with Crippen LogP contribution in [0.5, 0.6) is 11.5 Å². The predicted molar refractivity (Wildman–Crippen MR) is 188 cm³/mol. The summed E-state index contributed by atoms with van der Waals surface area (Å²) in [5.41, 5.74) is -0.458. The number of benzene rings is 1. The Bertz CT molecular complexity index is 1490. The summed E-state index contributed by atoms with van der Waals surface area (Å²) in [7, 11) is 3.25. The van der Waals surface area contributed by atoms with Crippen LogP contribution in [0.25, 0.3) is 0 Å². The second kappa shape index (κ2) is 12.8. The molecule has 0 radical (unpaired) electrons. The molecular formula is C41H59NO7. The number of hydrogen-bond donors (Lipinski definition) is 4. The molecule has 8 rings (SSSR count). The standard InChI is InChI=1S/C41H59NO7/c1-37-15-12-29(44)21-39(37)18-19-41(32(22-39)36(46)27-8-6-5-7-9-27)34(37)13-16-38(2)35(41)14-17-40(38,47)26-42(24-30(45)25-43)23-28-10-11-31(48-3)20-33(28)49-4/h10-11,18-20,22,27,29-30,34-35,43-45,47H,5-9,12-17,21,23-26H2,1-4H3. The molecule has 1 aromatic carbocycles. The first kappa shape index (κ1) is 35.2. The van der Waals surface area contributed by atoms with Crippen molar-refractivity contribution in [3.63, 3.8) is 0 Å². The zero-order valence-corrected chi connectivity index (χ0v) is 30.1. The van der Waals surface area contributed by atoms with Gasteiger partial charge in [0.05, 0.1) is 38.6 Å². The lowest BCUT2D eigenvalue weighted by atomic mass is 9.32. The molecule has 49 heavy (non-hydrogen) atoms. The van der Waals surface area contributed by atoms with Gasteiger partial charge in [0.25, 0.3) is 0 Å². The number of ether oxygens (including phenoxy) is 2. The number of hydrogen-bond acceptors (Lipinski definition) is 8. The molecular weight excluding hydrogens is 618 g/mol. The van der Waals surface area contributed by atoms with E-state index in [2.05, 4.69) is 37.0 Å². The number of methoxy groups -OCH3 is 2. The quantitative estimate of drug-likeness (QED) is 0.224. The third-order valence-electron chi connectivity index (χ3n) is 15.0. The van der Waals surface area contributed by atoms with Gasteiger partial charge in [-0.2, -0.15) is 0 Å². The predicted octanol–water partition coefficient (Wildman–Crippen LogP) is 5.60. The van der Waals surface area contributed by atoms with Crippen molar-refractivity contribution in [1.29, 1.82) is 0 Å². The van der Waals surface area contributed by atoms with Crippen LogP contribution in [0.4, 0.5) is 0 Å². The number of fused-ring (bicyclic) bond motifs is 1. The SMILES string of the molecule is COc1ccc(CN(CC(O)CO)CC2(O)CCC3C45C=CC6(C=C4C(=O)C4CCCCC4)CC(O)CCC6(C)C5CCC32C)c(OC)c1. The lowest BCUT2D eigenvalue weighted by molar-refractivity contribution is -0.180. The van der Waals surface area contributed by atoms with Crippen LogP contribution < -0.4 is 9.47 Å². The van der Waals surface area contributed by atoms with Crippen LogP contribution in [0.1, 0.15) is 96.5 Å². The fourth-order valence-corrected chi connectivity index (χ4v) is 12.3. The van der Waals surface area contributed by atoms with E-state index in [1.54, 1.807) is 14.2 Å². The Balaban J connectivity index is 1.26. The third kappa shape index (κ3) is 5.29. The molecule has 4 fully saturated rings. The van der Waals surface area contributed by atoms with Gasteiger partial charge in [-0.15, -0.1) is 0 Å². The van der Waals surface area contributed by atoms with Crippen LogP contribution in [-0.4, -0.2) is 82.8 Å². The maximum atomic E-state index is 14.8. The Morgan fingerprint density at radius 3 is 2.39 bits per heavy atom. The Morgan fingerprint density at radius 2 is 1.67 bits per heavy atom. The van der Waals surface area contributed by atoms with Gasteiger partial charge in [0.2, 0.25) is 0 Å². The van der Waals surface area contributed by atoms with E-state index in [1.165, 1.54) is 6.42 Å². The molecule has 0 heterocycles. The van der Waals surface area contributed by atoms with Gasteiger partial charge in [-0.3, -0.25) is 9.69 Å². The summed E-state index contributed by atoms with van der Waals surface area (Å²) >= 11 is 0. The number of rotatable bonds is 11. The normalized spacial score (nSPS) is 40.3. The number of nitrogens with zero attached hydrogens (tertiary/aromatic N) is 1. The van der Waals surface area contributed by atoms with E-state index in [1.807, 2.05) is 18.2 Å². The molecule has 0 saturated heterocycles. The highest BCUT2D eigenvalue weighted by Gasteiger charge is 2.74. The topological polar surface area (TPSA) is 120 Å². The third-order valence-corrected chi connectivity index (χ3v) is 15.0. The van der Waals surface area contributed by atoms with Crippen LogP contribution in [0.2, 0.25) is 0 Å². The zero-order chi connectivity index (χ0) is 34.8. The zero-order valence-electron chi connectivity index (χ0n) is 30.1. The summed E-state index contributed by atoms with van der Waals surface area (Å²) in [6.07, 6.45) is 16.8. The van der Waals surface area contributed by atoms with Gasteiger partial charge in [-0.25, -0.2) is 0 Å². The van der Waals surface area contributed by atoms with Gasteiger partial charge in [0.15, 0.2) is 5.78 Å². The molecule has 7 aliphatic carbocycles. The Labute approximate surface area is 292 Å². The molecule has 1 aromatic rings. The molecule has 0 amide bonds. The summed E-state index contributed by atoms with van der Waals surface area (Å²) in [5.74, 6) is 2.11. The summed E-state index contributed by atoms with van der Waals surface area (Å²) < 4.78 is 11.1. The number of Topliss-reactive ketones (excluding diaryl/α,β-unsaturated/α-hetero) is 1. The molecule has 2 bridgehead atoms. The number of allylic oxidation sites excluding steroid dienone is 4. The highest BCUT2D eigenvalue weighted by Crippen LogP contribution is 2.78. The van der Waals surface area contributed by atoms with E-state index in [0.717, 1.165) is 68.9 Å². The Morgan fingerprint density at radius 1 is 0.959 bits per heavy atom. The van der Waals surface area contributed by atoms with Crippen LogP contribution in [0.3, 0.4) is 0 Å². The first-order valence-electron chi connectivity index (χ1n) is 19.0. The smallest absolute Gasteiger partial charge is 0.162 e. The molecule has 8 nitrogen and oxygen atoms in total. The van der Waals surface area contributed by atoms with Crippen LogP contribution >= 0.6 is 0 Å². The van der Waals surface area contributed by atoms with E-state index in [-0.39, 0.29) is 47.8 Å². The van der Waals surface area contributed by atoms with E-state index in [9.17, 15) is 25.2 Å². The molecule has 8 heteroatoms. The molecule has 7 aliphatic rings. The minimum Gasteiger partial charge on any atom is -0.497 e. The van der Waals surface area contributed by atoms with Crippen molar-refractivity contribution < 1.29 is 34.7 Å². The second-order valence-electron chi connectivity index (χ2n) is 17.2. The van der Waals surface area contributed by atoms with Gasteiger partial charge in [-0.1, -0.05) is 57.4 Å². The second-order valence-corrected chi connectivity index (χ2v) is 17.2. The molecule has 0 aromatic heterocycles. The van der Waals surface area contributed by atoms with E-state index < -0.39 is 22.5 Å². The van der Waals surface area contributed by atoms with Gasteiger partial charge >= 0.3 is 0 Å². The lowest BCUT2D eigenvalue weighted by Crippen LogP contribution is -2.67. The number of ketones is 1. The fourth-order valence-electron chi connectivity index (χ4n) is 12.3. The van der Waals surface area contributed by atoms with Crippen molar-refractivity contribution >= 4 is 5.78 Å². The fraction of sp³-hybridized carbons (Fsp3) is 0.732. The van der Waals surface area contributed by atoms with Crippen molar-refractivity contribution in [3.8, 4) is 11.5 Å². The average molecular weight is 678 g/mol. The van der Waals surface area contributed by atoms with Crippen molar-refractivity contribution in [3.05, 3.63) is 47.6 Å². The summed E-state index contributed by atoms with van der Waals surface area (Å²) in [4.78, 5) is 16.9. The number of aliphatic hydroxyl groups is 4. The van der Waals surface area contributed by atoms with Gasteiger partial charge in [0, 0.05) is 59.0 Å². The molecule has 0 aliphatic heterocycles. The monoisotopic (exact) mass is 677 g/mol. The van der Waals surface area contributed by atoms with E-state index in [0.29, 0.717) is 43.2 Å². The first-order valence-corrected chi connectivity index (χ1v) is 19.0. The summed E-state index contributed by atoms with van der Waals surface area (Å²) in [6.45, 7) is 5.30. The van der Waals surface area contributed by atoms with Crippen LogP contribution in [0.15, 0.2) is 42.0 Å². The molecule has 9 unspecified atom stereocenters. The van der Waals surface area contributed by atoms with Gasteiger partial charge in [-0.05, 0) is 81.1 Å². The number of carbonyl (C=O) groups excluding carboxylic acids is 1. The molecule has 2 spiro atoms. The van der Waals surface area contributed by atoms with Crippen LogP contribution in [0, 0.1) is 39.4 Å². The van der Waals surface area contributed by atoms with Crippen molar-refractivity contribution in [1.82, 2.24) is 4.90 Å². The Hall–Kier alpha value is -2.23. The number of carbonyl (C=O) groups is 1. The minimum atomic E-state index is -1.07. The largest absolute Gasteiger partial charge is 0.497 e. The maximum absolute atomic E-state index is 14.8. The molecule has 4 N–H and O–H groups in total. The van der Waals surface area contributed by atoms with Crippen molar-refractivity contribution in [2.24, 2.45) is 39.4 Å². The molecule has 9 atom stereocenters.